The molecule has 0 saturated carbocycles. The number of likely N-dealkylation sites (tertiary alicyclic amines) is 1. The number of aldehydes is 1. The second-order valence-electron chi connectivity index (χ2n) is 5.24. The lowest BCUT2D eigenvalue weighted by Gasteiger charge is -2.24. The van der Waals surface area contributed by atoms with Gasteiger partial charge in [-0.25, -0.2) is 0 Å². The summed E-state index contributed by atoms with van der Waals surface area (Å²) in [7, 11) is 0. The van der Waals surface area contributed by atoms with E-state index in [2.05, 4.69) is 18.7 Å². The van der Waals surface area contributed by atoms with Gasteiger partial charge in [-0.05, 0) is 50.1 Å². The number of carbonyl (C=O) groups excluding carboxylic acids is 1. The van der Waals surface area contributed by atoms with Gasteiger partial charge in [0, 0.05) is 18.2 Å². The second kappa shape index (κ2) is 6.01. The number of hydrogen-bond donors (Lipinski definition) is 0. The van der Waals surface area contributed by atoms with Crippen molar-refractivity contribution in [3.8, 4) is 5.75 Å². The van der Waals surface area contributed by atoms with Crippen LogP contribution in [0.2, 0.25) is 0 Å². The molecular formula is C15H21NO2. The molecule has 0 radical (unpaired) electrons. The minimum Gasteiger partial charge on any atom is -0.492 e. The number of ether oxygens (including phenoxy) is 1. The van der Waals surface area contributed by atoms with Gasteiger partial charge in [0.05, 0.1) is 0 Å². The fourth-order valence-corrected chi connectivity index (χ4v) is 2.33. The minimum absolute atomic E-state index is 0.445. The van der Waals surface area contributed by atoms with Gasteiger partial charge in [-0.15, -0.1) is 0 Å². The van der Waals surface area contributed by atoms with Crippen LogP contribution in [0.1, 0.15) is 30.6 Å². The normalized spacial score (nSPS) is 21.8. The largest absolute Gasteiger partial charge is 0.492 e. The van der Waals surface area contributed by atoms with E-state index in [1.807, 2.05) is 12.1 Å². The van der Waals surface area contributed by atoms with Crippen molar-refractivity contribution >= 4 is 6.29 Å². The fourth-order valence-electron chi connectivity index (χ4n) is 2.33. The van der Waals surface area contributed by atoms with E-state index < -0.39 is 0 Å². The van der Waals surface area contributed by atoms with Gasteiger partial charge < -0.3 is 4.74 Å². The van der Waals surface area contributed by atoms with Crippen molar-refractivity contribution < 1.29 is 9.53 Å². The minimum atomic E-state index is 0.445. The predicted molar refractivity (Wildman–Crippen MR) is 72.1 cm³/mol. The molecule has 0 amide bonds. The van der Waals surface area contributed by atoms with Crippen molar-refractivity contribution in [1.82, 2.24) is 4.90 Å². The second-order valence-corrected chi connectivity index (χ2v) is 5.24. The van der Waals surface area contributed by atoms with Crippen molar-refractivity contribution in [2.45, 2.75) is 26.3 Å². The van der Waals surface area contributed by atoms with Crippen LogP contribution in [-0.4, -0.2) is 36.9 Å². The third-order valence-corrected chi connectivity index (χ3v) is 3.59. The Morgan fingerprint density at radius 3 is 2.72 bits per heavy atom. The zero-order valence-electron chi connectivity index (χ0n) is 11.1. The highest BCUT2D eigenvalue weighted by Gasteiger charge is 2.23. The molecule has 0 aromatic heterocycles. The third-order valence-electron chi connectivity index (χ3n) is 3.59. The van der Waals surface area contributed by atoms with Crippen LogP contribution in [0.15, 0.2) is 24.3 Å². The van der Waals surface area contributed by atoms with E-state index in [9.17, 15) is 4.79 Å². The Bertz CT molecular complexity index is 388. The summed E-state index contributed by atoms with van der Waals surface area (Å²) in [4.78, 5) is 13.0. The van der Waals surface area contributed by atoms with Crippen LogP contribution >= 0.6 is 0 Å². The van der Waals surface area contributed by atoms with E-state index in [1.54, 1.807) is 12.1 Å². The quantitative estimate of drug-likeness (QED) is 0.749. The van der Waals surface area contributed by atoms with Crippen LogP contribution in [0.25, 0.3) is 0 Å². The molecule has 1 aromatic carbocycles. The van der Waals surface area contributed by atoms with E-state index in [0.717, 1.165) is 18.0 Å². The van der Waals surface area contributed by atoms with E-state index >= 15 is 0 Å². The molecule has 1 aliphatic rings. The molecule has 1 aliphatic heterocycles. The van der Waals surface area contributed by atoms with Gasteiger partial charge in [-0.2, -0.15) is 0 Å². The summed E-state index contributed by atoms with van der Waals surface area (Å²) in [5.41, 5.74) is 0.684. The number of benzene rings is 1. The van der Waals surface area contributed by atoms with Gasteiger partial charge in [-0.1, -0.05) is 6.92 Å². The summed E-state index contributed by atoms with van der Waals surface area (Å²) in [6, 6.07) is 7.71. The zero-order valence-corrected chi connectivity index (χ0v) is 11.1. The molecular weight excluding hydrogens is 226 g/mol. The van der Waals surface area contributed by atoms with Crippen molar-refractivity contribution in [2.75, 3.05) is 19.7 Å². The molecule has 1 saturated heterocycles. The van der Waals surface area contributed by atoms with Gasteiger partial charge in [-0.3, -0.25) is 9.69 Å². The van der Waals surface area contributed by atoms with E-state index in [1.165, 1.54) is 19.5 Å². The Morgan fingerprint density at radius 2 is 2.17 bits per heavy atom. The Kier molecular flexibility index (Phi) is 4.37. The Labute approximate surface area is 109 Å². The topological polar surface area (TPSA) is 29.5 Å². The molecule has 0 spiro atoms. The van der Waals surface area contributed by atoms with E-state index in [0.29, 0.717) is 18.2 Å². The van der Waals surface area contributed by atoms with Crippen LogP contribution < -0.4 is 4.74 Å². The Balaban J connectivity index is 1.81. The first-order valence-corrected chi connectivity index (χ1v) is 6.61. The van der Waals surface area contributed by atoms with Gasteiger partial charge in [0.25, 0.3) is 0 Å². The highest BCUT2D eigenvalue weighted by molar-refractivity contribution is 5.74. The van der Waals surface area contributed by atoms with Crippen LogP contribution in [0, 0.1) is 5.92 Å². The first kappa shape index (κ1) is 13.1. The lowest BCUT2D eigenvalue weighted by Crippen LogP contribution is -2.35. The van der Waals surface area contributed by atoms with Gasteiger partial charge in [0.1, 0.15) is 18.6 Å². The molecule has 2 rings (SSSR count). The van der Waals surface area contributed by atoms with Crippen LogP contribution in [-0.2, 0) is 0 Å². The molecule has 2 atom stereocenters. The summed E-state index contributed by atoms with van der Waals surface area (Å²) in [6.45, 7) is 7.56. The summed E-state index contributed by atoms with van der Waals surface area (Å²) < 4.78 is 5.76. The highest BCUT2D eigenvalue weighted by atomic mass is 16.5. The van der Waals surface area contributed by atoms with Gasteiger partial charge in [0.2, 0.25) is 0 Å². The van der Waals surface area contributed by atoms with E-state index in [4.69, 9.17) is 4.74 Å². The summed E-state index contributed by atoms with van der Waals surface area (Å²) >= 11 is 0. The van der Waals surface area contributed by atoms with Crippen molar-refractivity contribution in [3.05, 3.63) is 29.8 Å². The summed E-state index contributed by atoms with van der Waals surface area (Å²) in [6.07, 6.45) is 2.14. The zero-order chi connectivity index (χ0) is 13.0. The average molecular weight is 247 g/mol. The molecule has 3 nitrogen and oxygen atoms in total. The van der Waals surface area contributed by atoms with Crippen molar-refractivity contribution in [2.24, 2.45) is 5.92 Å². The first-order chi connectivity index (χ1) is 8.69. The van der Waals surface area contributed by atoms with Crippen molar-refractivity contribution in [3.63, 3.8) is 0 Å². The third kappa shape index (κ3) is 3.33. The molecule has 98 valence electrons. The van der Waals surface area contributed by atoms with Crippen LogP contribution in [0.3, 0.4) is 0 Å². The molecule has 3 heteroatoms. The summed E-state index contributed by atoms with van der Waals surface area (Å²) in [5.74, 6) is 1.64. The first-order valence-electron chi connectivity index (χ1n) is 6.61. The maximum absolute atomic E-state index is 10.5. The molecule has 0 N–H and O–H groups in total. The maximum Gasteiger partial charge on any atom is 0.150 e. The lowest BCUT2D eigenvalue weighted by molar-refractivity contribution is 0.112. The number of hydrogen-bond acceptors (Lipinski definition) is 3. The highest BCUT2D eigenvalue weighted by Crippen LogP contribution is 2.18. The standard InChI is InChI=1S/C15H21NO2/c1-12-7-8-16(9-12)13(2)11-18-15-5-3-14(10-17)4-6-15/h3-6,10,12-13H,7-9,11H2,1-2H3. The number of carbonyl (C=O) groups is 1. The molecule has 1 fully saturated rings. The average Bonchev–Trinajstić information content (AvgIpc) is 2.83. The lowest BCUT2D eigenvalue weighted by atomic mass is 10.2. The van der Waals surface area contributed by atoms with E-state index in [-0.39, 0.29) is 0 Å². The number of nitrogens with zero attached hydrogens (tertiary/aromatic N) is 1. The van der Waals surface area contributed by atoms with Gasteiger partial charge in [0.15, 0.2) is 0 Å². The van der Waals surface area contributed by atoms with Gasteiger partial charge >= 0.3 is 0 Å². The Morgan fingerprint density at radius 1 is 1.44 bits per heavy atom. The number of rotatable bonds is 5. The van der Waals surface area contributed by atoms with Crippen LogP contribution in [0.4, 0.5) is 0 Å². The molecule has 0 aliphatic carbocycles. The Hall–Kier alpha value is -1.35. The molecule has 18 heavy (non-hydrogen) atoms. The molecule has 2 unspecified atom stereocenters. The maximum atomic E-state index is 10.5. The molecule has 1 heterocycles. The fraction of sp³-hybridized carbons (Fsp3) is 0.533. The monoisotopic (exact) mass is 247 g/mol. The predicted octanol–water partition coefficient (Wildman–Crippen LogP) is 2.61. The molecule has 0 bridgehead atoms. The van der Waals surface area contributed by atoms with Crippen LogP contribution in [0.5, 0.6) is 5.75 Å². The smallest absolute Gasteiger partial charge is 0.150 e. The molecule has 1 aromatic rings. The van der Waals surface area contributed by atoms with Crippen molar-refractivity contribution in [1.29, 1.82) is 0 Å². The summed E-state index contributed by atoms with van der Waals surface area (Å²) in [5, 5.41) is 0. The SMILES string of the molecule is CC1CCN(C(C)COc2ccc(C=O)cc2)C1.